The minimum absolute atomic E-state index is 0.0452. The van der Waals surface area contributed by atoms with Crippen molar-refractivity contribution in [3.63, 3.8) is 0 Å². The van der Waals surface area contributed by atoms with Crippen molar-refractivity contribution in [1.29, 1.82) is 0 Å². The number of nitrogens with zero attached hydrogens (tertiary/aromatic N) is 2. The minimum atomic E-state index is -0.599. The monoisotopic (exact) mass is 328 g/mol. The fraction of sp³-hybridized carbons (Fsp3) is 0. The Hall–Kier alpha value is -2.99. The van der Waals surface area contributed by atoms with Crippen molar-refractivity contribution in [2.45, 2.75) is 0 Å². The summed E-state index contributed by atoms with van der Waals surface area (Å²) < 4.78 is 0. The van der Waals surface area contributed by atoms with Crippen LogP contribution in [0.1, 0.15) is 11.1 Å². The molecule has 3 rings (SSSR count). The summed E-state index contributed by atoms with van der Waals surface area (Å²) in [5.74, 6) is -0.599. The van der Waals surface area contributed by atoms with Crippen LogP contribution in [0.3, 0.4) is 0 Å². The van der Waals surface area contributed by atoms with E-state index in [2.05, 4.69) is 5.16 Å². The van der Waals surface area contributed by atoms with Crippen LogP contribution >= 0.6 is 11.6 Å². The molecule has 0 bridgehead atoms. The molecule has 2 aromatic carbocycles. The second-order valence-corrected chi connectivity index (χ2v) is 5.11. The summed E-state index contributed by atoms with van der Waals surface area (Å²) in [6, 6.07) is 12.7. The van der Waals surface area contributed by atoms with Crippen LogP contribution in [0.2, 0.25) is 5.02 Å². The SMILES string of the molecule is O=C1ON=C(c2ccc([N+](=O)[O-])cc2)C1=Cc1ccccc1Cl. The molecule has 2 aromatic rings. The highest BCUT2D eigenvalue weighted by Gasteiger charge is 2.27. The molecule has 0 radical (unpaired) electrons. The summed E-state index contributed by atoms with van der Waals surface area (Å²) in [5, 5.41) is 14.9. The molecule has 0 aromatic heterocycles. The zero-order valence-electron chi connectivity index (χ0n) is 11.6. The average molecular weight is 329 g/mol. The number of halogens is 1. The van der Waals surface area contributed by atoms with Gasteiger partial charge in [0.05, 0.1) is 10.5 Å². The van der Waals surface area contributed by atoms with E-state index in [9.17, 15) is 14.9 Å². The second kappa shape index (κ2) is 6.02. The van der Waals surface area contributed by atoms with E-state index in [1.807, 2.05) is 0 Å². The summed E-state index contributed by atoms with van der Waals surface area (Å²) in [6.45, 7) is 0. The van der Waals surface area contributed by atoms with Gasteiger partial charge in [0.2, 0.25) is 0 Å². The van der Waals surface area contributed by atoms with Gasteiger partial charge in [0.1, 0.15) is 5.71 Å². The highest BCUT2D eigenvalue weighted by molar-refractivity contribution is 6.34. The van der Waals surface area contributed by atoms with Gasteiger partial charge in [-0.15, -0.1) is 0 Å². The normalized spacial score (nSPS) is 15.4. The van der Waals surface area contributed by atoms with E-state index in [4.69, 9.17) is 16.4 Å². The number of non-ortho nitro benzene ring substituents is 1. The molecule has 0 saturated carbocycles. The van der Waals surface area contributed by atoms with Gasteiger partial charge in [-0.1, -0.05) is 35.0 Å². The first-order valence-electron chi connectivity index (χ1n) is 6.57. The predicted octanol–water partition coefficient (Wildman–Crippen LogP) is 3.59. The van der Waals surface area contributed by atoms with E-state index >= 15 is 0 Å². The second-order valence-electron chi connectivity index (χ2n) is 4.70. The minimum Gasteiger partial charge on any atom is -0.312 e. The standard InChI is InChI=1S/C16H9ClN2O4/c17-14-4-2-1-3-11(14)9-13-15(18-23-16(13)20)10-5-7-12(8-6-10)19(21)22/h1-9H. The topological polar surface area (TPSA) is 81.8 Å². The van der Waals surface area contributed by atoms with Crippen molar-refractivity contribution in [1.82, 2.24) is 0 Å². The lowest BCUT2D eigenvalue weighted by Gasteiger charge is -2.02. The molecule has 1 aliphatic rings. The van der Waals surface area contributed by atoms with Crippen LogP contribution in [-0.2, 0) is 9.63 Å². The third kappa shape index (κ3) is 2.97. The third-order valence-electron chi connectivity index (χ3n) is 3.25. The molecule has 1 heterocycles. The number of oxime groups is 1. The molecule has 0 N–H and O–H groups in total. The van der Waals surface area contributed by atoms with Crippen molar-refractivity contribution in [3.8, 4) is 0 Å². The number of nitro benzene ring substituents is 1. The van der Waals surface area contributed by atoms with Crippen LogP contribution in [0.15, 0.2) is 59.3 Å². The van der Waals surface area contributed by atoms with E-state index in [1.165, 1.54) is 24.3 Å². The van der Waals surface area contributed by atoms with Gasteiger partial charge in [-0.3, -0.25) is 10.1 Å². The first kappa shape index (κ1) is 14.9. The summed E-state index contributed by atoms with van der Waals surface area (Å²) in [6.07, 6.45) is 1.58. The summed E-state index contributed by atoms with van der Waals surface area (Å²) in [4.78, 5) is 26.8. The number of benzene rings is 2. The summed E-state index contributed by atoms with van der Waals surface area (Å²) >= 11 is 6.09. The van der Waals surface area contributed by atoms with Crippen LogP contribution in [0.5, 0.6) is 0 Å². The summed E-state index contributed by atoms with van der Waals surface area (Å²) in [5.41, 5.74) is 1.70. The Bertz CT molecular complexity index is 857. The lowest BCUT2D eigenvalue weighted by molar-refractivity contribution is -0.384. The van der Waals surface area contributed by atoms with Crippen LogP contribution in [0.4, 0.5) is 5.69 Å². The Morgan fingerprint density at radius 1 is 1.13 bits per heavy atom. The number of nitro groups is 1. The van der Waals surface area contributed by atoms with Gasteiger partial charge in [-0.2, -0.15) is 0 Å². The van der Waals surface area contributed by atoms with Gasteiger partial charge < -0.3 is 4.84 Å². The number of carbonyl (C=O) groups is 1. The van der Waals surface area contributed by atoms with Gasteiger partial charge in [-0.25, -0.2) is 4.79 Å². The fourth-order valence-corrected chi connectivity index (χ4v) is 2.30. The predicted molar refractivity (Wildman–Crippen MR) is 85.2 cm³/mol. The van der Waals surface area contributed by atoms with E-state index in [-0.39, 0.29) is 11.3 Å². The number of hydrogen-bond donors (Lipinski definition) is 0. The molecular formula is C16H9ClN2O4. The van der Waals surface area contributed by atoms with Crippen molar-refractivity contribution in [2.24, 2.45) is 5.16 Å². The zero-order chi connectivity index (χ0) is 16.4. The molecule has 0 atom stereocenters. The van der Waals surface area contributed by atoms with Crippen LogP contribution in [-0.4, -0.2) is 16.6 Å². The van der Waals surface area contributed by atoms with Crippen molar-refractivity contribution in [3.05, 3.63) is 80.4 Å². The molecular weight excluding hydrogens is 320 g/mol. The number of carbonyl (C=O) groups excluding carboxylic acids is 1. The molecule has 6 nitrogen and oxygen atoms in total. The van der Waals surface area contributed by atoms with Gasteiger partial charge in [0.15, 0.2) is 0 Å². The van der Waals surface area contributed by atoms with Crippen LogP contribution in [0, 0.1) is 10.1 Å². The van der Waals surface area contributed by atoms with Crippen LogP contribution < -0.4 is 0 Å². The Balaban J connectivity index is 2.00. The Kier molecular flexibility index (Phi) is 3.91. The van der Waals surface area contributed by atoms with E-state index in [1.54, 1.807) is 30.3 Å². The molecule has 1 aliphatic heterocycles. The van der Waals surface area contributed by atoms with Crippen molar-refractivity contribution >= 4 is 35.0 Å². The smallest absolute Gasteiger partial charge is 0.312 e. The highest BCUT2D eigenvalue weighted by atomic mass is 35.5. The Labute approximate surface area is 135 Å². The Morgan fingerprint density at radius 2 is 1.83 bits per heavy atom. The van der Waals surface area contributed by atoms with Crippen LogP contribution in [0.25, 0.3) is 6.08 Å². The largest absolute Gasteiger partial charge is 0.368 e. The molecule has 0 unspecified atom stereocenters. The molecule has 114 valence electrons. The van der Waals surface area contributed by atoms with Gasteiger partial charge >= 0.3 is 5.97 Å². The molecule has 0 saturated heterocycles. The molecule has 23 heavy (non-hydrogen) atoms. The molecule has 0 fully saturated rings. The average Bonchev–Trinajstić information content (AvgIpc) is 2.91. The molecule has 0 aliphatic carbocycles. The molecule has 7 heteroatoms. The third-order valence-corrected chi connectivity index (χ3v) is 3.60. The van der Waals surface area contributed by atoms with Crippen molar-refractivity contribution in [2.75, 3.05) is 0 Å². The number of hydrogen-bond acceptors (Lipinski definition) is 5. The first-order chi connectivity index (χ1) is 11.1. The quantitative estimate of drug-likeness (QED) is 0.373. The molecule has 0 spiro atoms. The summed E-state index contributed by atoms with van der Waals surface area (Å²) in [7, 11) is 0. The zero-order valence-corrected chi connectivity index (χ0v) is 12.4. The van der Waals surface area contributed by atoms with E-state index in [0.29, 0.717) is 21.9 Å². The fourth-order valence-electron chi connectivity index (χ4n) is 2.11. The lowest BCUT2D eigenvalue weighted by atomic mass is 10.0. The maximum atomic E-state index is 11.9. The highest BCUT2D eigenvalue weighted by Crippen LogP contribution is 2.25. The van der Waals surface area contributed by atoms with Gasteiger partial charge in [-0.05, 0) is 29.8 Å². The maximum absolute atomic E-state index is 11.9. The number of rotatable bonds is 3. The molecule has 0 amide bonds. The lowest BCUT2D eigenvalue weighted by Crippen LogP contribution is -2.07. The van der Waals surface area contributed by atoms with Crippen molar-refractivity contribution < 1.29 is 14.6 Å². The van der Waals surface area contributed by atoms with E-state index < -0.39 is 10.9 Å². The Morgan fingerprint density at radius 3 is 2.48 bits per heavy atom. The first-order valence-corrected chi connectivity index (χ1v) is 6.95. The van der Waals surface area contributed by atoms with Gasteiger partial charge in [0.25, 0.3) is 5.69 Å². The maximum Gasteiger partial charge on any atom is 0.368 e. The van der Waals surface area contributed by atoms with E-state index in [0.717, 1.165) is 0 Å². The van der Waals surface area contributed by atoms with Gasteiger partial charge in [0, 0.05) is 22.7 Å².